The highest BCUT2D eigenvalue weighted by Crippen LogP contribution is 2.28. The smallest absolute Gasteiger partial charge is 0.251 e. The van der Waals surface area contributed by atoms with Crippen LogP contribution in [0.15, 0.2) is 18.2 Å². The molecule has 0 radical (unpaired) electrons. The summed E-state index contributed by atoms with van der Waals surface area (Å²) in [5, 5.41) is 3.13. The van der Waals surface area contributed by atoms with Crippen LogP contribution in [0.4, 0.5) is 0 Å². The normalized spacial score (nSPS) is 22.2. The average Bonchev–Trinajstić information content (AvgIpc) is 2.71. The summed E-state index contributed by atoms with van der Waals surface area (Å²) in [6.45, 7) is 0. The summed E-state index contributed by atoms with van der Waals surface area (Å²) in [4.78, 5) is 12.8. The molecule has 2 atom stereocenters. The maximum Gasteiger partial charge on any atom is 0.251 e. The van der Waals surface area contributed by atoms with Crippen LogP contribution in [0.5, 0.6) is 11.5 Å². The van der Waals surface area contributed by atoms with Crippen molar-refractivity contribution in [2.24, 2.45) is 0 Å². The van der Waals surface area contributed by atoms with Crippen molar-refractivity contribution in [1.29, 1.82) is 0 Å². The van der Waals surface area contributed by atoms with Gasteiger partial charge in [-0.3, -0.25) is 4.79 Å². The summed E-state index contributed by atoms with van der Waals surface area (Å²) in [5.74, 6) is 1.13. The van der Waals surface area contributed by atoms with E-state index in [0.29, 0.717) is 21.9 Å². The van der Waals surface area contributed by atoms with E-state index < -0.39 is 0 Å². The van der Waals surface area contributed by atoms with Crippen LogP contribution in [-0.2, 0) is 0 Å². The van der Waals surface area contributed by atoms with Gasteiger partial charge < -0.3 is 14.8 Å². The predicted molar refractivity (Wildman–Crippen MR) is 86.6 cm³/mol. The standard InChI is InChI=1S/C16H22BrNO3/c1-20-14-9-8-11(10-15(14)21-2)16(19)18-13-7-5-3-4-6-12(13)17/h8-10,12-13H,3-7H2,1-2H3,(H,18,19). The number of ether oxygens (including phenoxy) is 2. The molecule has 1 aromatic rings. The van der Waals surface area contributed by atoms with Crippen LogP contribution in [0.1, 0.15) is 42.5 Å². The number of hydrogen-bond donors (Lipinski definition) is 1. The van der Waals surface area contributed by atoms with E-state index in [2.05, 4.69) is 21.2 Å². The van der Waals surface area contributed by atoms with E-state index in [0.717, 1.165) is 12.8 Å². The number of methoxy groups -OCH3 is 2. The Bertz CT molecular complexity index is 492. The minimum atomic E-state index is -0.0627. The summed E-state index contributed by atoms with van der Waals surface area (Å²) in [6, 6.07) is 5.42. The van der Waals surface area contributed by atoms with Crippen molar-refractivity contribution in [2.45, 2.75) is 43.0 Å². The van der Waals surface area contributed by atoms with Gasteiger partial charge in [0.05, 0.1) is 14.2 Å². The summed E-state index contributed by atoms with van der Waals surface area (Å²) < 4.78 is 10.4. The van der Waals surface area contributed by atoms with Gasteiger partial charge in [0.15, 0.2) is 11.5 Å². The number of benzene rings is 1. The van der Waals surface area contributed by atoms with Crippen LogP contribution in [0.3, 0.4) is 0 Å². The van der Waals surface area contributed by atoms with Crippen LogP contribution in [0, 0.1) is 0 Å². The lowest BCUT2D eigenvalue weighted by molar-refractivity contribution is 0.0934. The number of halogens is 1. The molecule has 1 aliphatic carbocycles. The monoisotopic (exact) mass is 355 g/mol. The molecule has 0 heterocycles. The molecule has 0 bridgehead atoms. The molecule has 1 fully saturated rings. The molecule has 4 nitrogen and oxygen atoms in total. The first-order valence-corrected chi connectivity index (χ1v) is 8.24. The molecule has 21 heavy (non-hydrogen) atoms. The van der Waals surface area contributed by atoms with E-state index in [1.807, 2.05) is 0 Å². The number of nitrogens with one attached hydrogen (secondary N) is 1. The van der Waals surface area contributed by atoms with Crippen molar-refractivity contribution < 1.29 is 14.3 Å². The minimum absolute atomic E-state index is 0.0627. The average molecular weight is 356 g/mol. The summed E-state index contributed by atoms with van der Waals surface area (Å²) >= 11 is 3.70. The second-order valence-corrected chi connectivity index (χ2v) is 6.48. The van der Waals surface area contributed by atoms with Crippen molar-refractivity contribution in [1.82, 2.24) is 5.32 Å². The molecule has 116 valence electrons. The Morgan fingerprint density at radius 3 is 2.57 bits per heavy atom. The van der Waals surface area contributed by atoms with E-state index in [1.165, 1.54) is 19.3 Å². The van der Waals surface area contributed by atoms with E-state index >= 15 is 0 Å². The Kier molecular flexibility index (Phi) is 5.91. The fraction of sp³-hybridized carbons (Fsp3) is 0.562. The zero-order valence-electron chi connectivity index (χ0n) is 12.5. The zero-order valence-corrected chi connectivity index (χ0v) is 14.1. The van der Waals surface area contributed by atoms with Crippen LogP contribution in [0.2, 0.25) is 0 Å². The summed E-state index contributed by atoms with van der Waals surface area (Å²) in [5.41, 5.74) is 0.594. The highest BCUT2D eigenvalue weighted by atomic mass is 79.9. The molecule has 1 aliphatic rings. The van der Waals surface area contributed by atoms with Crippen molar-refractivity contribution >= 4 is 21.8 Å². The Morgan fingerprint density at radius 1 is 1.14 bits per heavy atom. The molecule has 0 saturated heterocycles. The largest absolute Gasteiger partial charge is 0.493 e. The maximum atomic E-state index is 12.4. The number of rotatable bonds is 4. The van der Waals surface area contributed by atoms with Gasteiger partial charge in [0.25, 0.3) is 5.91 Å². The van der Waals surface area contributed by atoms with Crippen LogP contribution in [0.25, 0.3) is 0 Å². The number of carbonyl (C=O) groups is 1. The second kappa shape index (κ2) is 7.69. The van der Waals surface area contributed by atoms with Crippen molar-refractivity contribution in [3.8, 4) is 11.5 Å². The second-order valence-electron chi connectivity index (χ2n) is 5.30. The zero-order chi connectivity index (χ0) is 15.2. The molecule has 1 amide bonds. The molecule has 1 N–H and O–H groups in total. The third-order valence-corrected chi connectivity index (χ3v) is 4.99. The lowest BCUT2D eigenvalue weighted by Gasteiger charge is -2.21. The number of alkyl halides is 1. The molecular formula is C16H22BrNO3. The first kappa shape index (κ1) is 16.1. The molecule has 5 heteroatoms. The molecular weight excluding hydrogens is 334 g/mol. The molecule has 0 aliphatic heterocycles. The van der Waals surface area contributed by atoms with Crippen molar-refractivity contribution in [3.63, 3.8) is 0 Å². The molecule has 0 spiro atoms. The topological polar surface area (TPSA) is 47.6 Å². The van der Waals surface area contributed by atoms with Gasteiger partial charge >= 0.3 is 0 Å². The third kappa shape index (κ3) is 4.13. The molecule has 2 unspecified atom stereocenters. The number of amides is 1. The Morgan fingerprint density at radius 2 is 1.86 bits per heavy atom. The van der Waals surface area contributed by atoms with E-state index in [1.54, 1.807) is 32.4 Å². The van der Waals surface area contributed by atoms with Gasteiger partial charge in [0, 0.05) is 16.4 Å². The third-order valence-electron chi connectivity index (χ3n) is 3.89. The number of hydrogen-bond acceptors (Lipinski definition) is 3. The van der Waals surface area contributed by atoms with Gasteiger partial charge in [-0.15, -0.1) is 0 Å². The van der Waals surface area contributed by atoms with Gasteiger partial charge in [-0.05, 0) is 31.0 Å². The van der Waals surface area contributed by atoms with E-state index in [-0.39, 0.29) is 11.9 Å². The van der Waals surface area contributed by atoms with Gasteiger partial charge in [-0.1, -0.05) is 35.2 Å². The lowest BCUT2D eigenvalue weighted by atomic mass is 10.1. The Balaban J connectivity index is 2.08. The van der Waals surface area contributed by atoms with Gasteiger partial charge in [-0.2, -0.15) is 0 Å². The highest BCUT2D eigenvalue weighted by Gasteiger charge is 2.23. The maximum absolute atomic E-state index is 12.4. The summed E-state index contributed by atoms with van der Waals surface area (Å²) in [6.07, 6.45) is 5.76. The Hall–Kier alpha value is -1.23. The Labute approximate surface area is 134 Å². The van der Waals surface area contributed by atoms with E-state index in [4.69, 9.17) is 9.47 Å². The molecule has 2 rings (SSSR count). The predicted octanol–water partition coefficient (Wildman–Crippen LogP) is 3.53. The minimum Gasteiger partial charge on any atom is -0.493 e. The highest BCUT2D eigenvalue weighted by molar-refractivity contribution is 9.09. The van der Waals surface area contributed by atoms with Gasteiger partial charge in [-0.25, -0.2) is 0 Å². The number of carbonyl (C=O) groups excluding carboxylic acids is 1. The first-order valence-electron chi connectivity index (χ1n) is 7.32. The molecule has 1 saturated carbocycles. The van der Waals surface area contributed by atoms with Crippen LogP contribution >= 0.6 is 15.9 Å². The van der Waals surface area contributed by atoms with Crippen molar-refractivity contribution in [2.75, 3.05) is 14.2 Å². The SMILES string of the molecule is COc1ccc(C(=O)NC2CCCCCC2Br)cc1OC. The molecule has 1 aromatic carbocycles. The fourth-order valence-electron chi connectivity index (χ4n) is 2.65. The quantitative estimate of drug-likeness (QED) is 0.663. The first-order chi connectivity index (χ1) is 10.2. The van der Waals surface area contributed by atoms with Crippen LogP contribution in [-0.4, -0.2) is 31.0 Å². The van der Waals surface area contributed by atoms with Crippen LogP contribution < -0.4 is 14.8 Å². The van der Waals surface area contributed by atoms with Gasteiger partial charge in [0.2, 0.25) is 0 Å². The van der Waals surface area contributed by atoms with E-state index in [9.17, 15) is 4.79 Å². The van der Waals surface area contributed by atoms with Gasteiger partial charge in [0.1, 0.15) is 0 Å². The lowest BCUT2D eigenvalue weighted by Crippen LogP contribution is -2.40. The fourth-order valence-corrected chi connectivity index (χ4v) is 3.37. The summed E-state index contributed by atoms with van der Waals surface area (Å²) in [7, 11) is 3.15. The van der Waals surface area contributed by atoms with Crippen molar-refractivity contribution in [3.05, 3.63) is 23.8 Å². The molecule has 0 aromatic heterocycles.